The first-order valence-corrected chi connectivity index (χ1v) is 9.52. The van der Waals surface area contributed by atoms with Crippen LogP contribution in [-0.2, 0) is 9.59 Å². The first-order valence-electron chi connectivity index (χ1n) is 9.52. The van der Waals surface area contributed by atoms with E-state index in [1.165, 1.54) is 4.90 Å². The highest BCUT2D eigenvalue weighted by atomic mass is 16.7. The van der Waals surface area contributed by atoms with E-state index < -0.39 is 0 Å². The number of carbonyl (C=O) groups is 2. The first-order chi connectivity index (χ1) is 14.0. The van der Waals surface area contributed by atoms with Gasteiger partial charge in [0.05, 0.1) is 11.7 Å². The van der Waals surface area contributed by atoms with Gasteiger partial charge in [-0.1, -0.05) is 12.1 Å². The Kier molecular flexibility index (Phi) is 4.88. The molecule has 2 aliphatic heterocycles. The Morgan fingerprint density at radius 1 is 1.03 bits per heavy atom. The van der Waals surface area contributed by atoms with Crippen LogP contribution in [0.1, 0.15) is 26.3 Å². The summed E-state index contributed by atoms with van der Waals surface area (Å²) in [5, 5.41) is 3.11. The number of anilines is 1. The van der Waals surface area contributed by atoms with Crippen LogP contribution in [0.25, 0.3) is 5.57 Å². The molecule has 150 valence electrons. The maximum absolute atomic E-state index is 12.9. The molecule has 2 aromatic carbocycles. The van der Waals surface area contributed by atoms with Gasteiger partial charge < -0.3 is 19.5 Å². The SMILES string of the molecule is CCN1C(=O)C(Nc2ccc3c(c2)OCO3)=C(c2ccc(OC(C)C)cc2)C1=O. The zero-order valence-corrected chi connectivity index (χ0v) is 16.5. The van der Waals surface area contributed by atoms with E-state index in [9.17, 15) is 9.59 Å². The predicted molar refractivity (Wildman–Crippen MR) is 108 cm³/mol. The highest BCUT2D eigenvalue weighted by Crippen LogP contribution is 2.36. The van der Waals surface area contributed by atoms with Gasteiger partial charge in [0.2, 0.25) is 6.79 Å². The molecule has 0 atom stereocenters. The number of imide groups is 1. The molecule has 2 heterocycles. The van der Waals surface area contributed by atoms with Crippen LogP contribution in [0.3, 0.4) is 0 Å². The number of nitrogens with one attached hydrogen (secondary N) is 1. The van der Waals surface area contributed by atoms with Crippen LogP contribution in [0.5, 0.6) is 17.2 Å². The summed E-state index contributed by atoms with van der Waals surface area (Å²) in [6, 6.07) is 12.5. The average molecular weight is 394 g/mol. The fourth-order valence-electron chi connectivity index (χ4n) is 3.34. The van der Waals surface area contributed by atoms with E-state index in [2.05, 4.69) is 5.32 Å². The van der Waals surface area contributed by atoms with Gasteiger partial charge in [-0.15, -0.1) is 0 Å². The predicted octanol–water partition coefficient (Wildman–Crippen LogP) is 3.41. The summed E-state index contributed by atoms with van der Waals surface area (Å²) < 4.78 is 16.4. The fraction of sp³-hybridized carbons (Fsp3) is 0.273. The molecular weight excluding hydrogens is 372 g/mol. The van der Waals surface area contributed by atoms with Crippen molar-refractivity contribution in [3.63, 3.8) is 0 Å². The molecule has 1 N–H and O–H groups in total. The Morgan fingerprint density at radius 3 is 2.45 bits per heavy atom. The molecule has 0 aliphatic carbocycles. The third-order valence-electron chi connectivity index (χ3n) is 4.64. The van der Waals surface area contributed by atoms with Crippen LogP contribution in [-0.4, -0.2) is 36.2 Å². The lowest BCUT2D eigenvalue weighted by Crippen LogP contribution is -2.32. The molecule has 2 amide bonds. The van der Waals surface area contributed by atoms with Crippen molar-refractivity contribution in [1.29, 1.82) is 0 Å². The average Bonchev–Trinajstić information content (AvgIpc) is 3.24. The third kappa shape index (κ3) is 3.51. The maximum Gasteiger partial charge on any atom is 0.278 e. The van der Waals surface area contributed by atoms with Gasteiger partial charge >= 0.3 is 0 Å². The van der Waals surface area contributed by atoms with Gasteiger partial charge in [-0.05, 0) is 50.6 Å². The van der Waals surface area contributed by atoms with E-state index in [1.54, 1.807) is 49.4 Å². The Hall–Kier alpha value is -3.48. The number of likely N-dealkylation sites (N-methyl/N-ethyl adjacent to an activating group) is 1. The molecular formula is C22H22N2O5. The molecule has 7 heteroatoms. The Bertz CT molecular complexity index is 995. The van der Waals surface area contributed by atoms with Crippen LogP contribution in [0, 0.1) is 0 Å². The number of amides is 2. The number of nitrogens with zero attached hydrogens (tertiary/aromatic N) is 1. The largest absolute Gasteiger partial charge is 0.491 e. The van der Waals surface area contributed by atoms with Crippen molar-refractivity contribution < 1.29 is 23.8 Å². The maximum atomic E-state index is 12.9. The highest BCUT2D eigenvalue weighted by Gasteiger charge is 2.38. The topological polar surface area (TPSA) is 77.1 Å². The molecule has 0 fully saturated rings. The van der Waals surface area contributed by atoms with Crippen molar-refractivity contribution in [3.05, 3.63) is 53.7 Å². The summed E-state index contributed by atoms with van der Waals surface area (Å²) in [5.41, 5.74) is 1.87. The van der Waals surface area contributed by atoms with Crippen LogP contribution in [0.4, 0.5) is 5.69 Å². The van der Waals surface area contributed by atoms with Crippen LogP contribution >= 0.6 is 0 Å². The first kappa shape index (κ1) is 18.9. The van der Waals surface area contributed by atoms with Crippen molar-refractivity contribution in [3.8, 4) is 17.2 Å². The minimum Gasteiger partial charge on any atom is -0.491 e. The Labute approximate surface area is 168 Å². The van der Waals surface area contributed by atoms with Gasteiger partial charge in [0.25, 0.3) is 11.8 Å². The number of hydrogen-bond acceptors (Lipinski definition) is 6. The summed E-state index contributed by atoms with van der Waals surface area (Å²) >= 11 is 0. The molecule has 0 unspecified atom stereocenters. The molecule has 0 saturated heterocycles. The van der Waals surface area contributed by atoms with Gasteiger partial charge in [-0.25, -0.2) is 0 Å². The number of benzene rings is 2. The molecule has 2 aliphatic rings. The van der Waals surface area contributed by atoms with E-state index in [1.807, 2.05) is 13.8 Å². The number of ether oxygens (including phenoxy) is 3. The van der Waals surface area contributed by atoms with Crippen molar-refractivity contribution >= 4 is 23.1 Å². The smallest absolute Gasteiger partial charge is 0.278 e. The zero-order valence-electron chi connectivity index (χ0n) is 16.5. The molecule has 0 aromatic heterocycles. The summed E-state index contributed by atoms with van der Waals surface area (Å²) in [6.45, 7) is 6.13. The molecule has 7 nitrogen and oxygen atoms in total. The summed E-state index contributed by atoms with van der Waals surface area (Å²) in [6.07, 6.45) is 0.0496. The van der Waals surface area contributed by atoms with E-state index in [4.69, 9.17) is 14.2 Å². The quantitative estimate of drug-likeness (QED) is 0.757. The van der Waals surface area contributed by atoms with Gasteiger partial charge in [-0.2, -0.15) is 0 Å². The Balaban J connectivity index is 1.71. The molecule has 29 heavy (non-hydrogen) atoms. The number of rotatable bonds is 6. The molecule has 0 bridgehead atoms. The minimum absolute atomic E-state index is 0.0496. The molecule has 2 aromatic rings. The molecule has 0 saturated carbocycles. The second-order valence-electron chi connectivity index (χ2n) is 6.99. The van der Waals surface area contributed by atoms with Crippen molar-refractivity contribution in [2.24, 2.45) is 0 Å². The van der Waals surface area contributed by atoms with Crippen LogP contribution < -0.4 is 19.5 Å². The molecule has 0 radical (unpaired) electrons. The van der Waals surface area contributed by atoms with Crippen LogP contribution in [0.15, 0.2) is 48.2 Å². The molecule has 0 spiro atoms. The number of carbonyl (C=O) groups excluding carboxylic acids is 2. The lowest BCUT2D eigenvalue weighted by atomic mass is 10.0. The molecule has 4 rings (SSSR count). The second-order valence-corrected chi connectivity index (χ2v) is 6.99. The summed E-state index contributed by atoms with van der Waals surface area (Å²) in [4.78, 5) is 27.0. The zero-order chi connectivity index (χ0) is 20.5. The fourth-order valence-corrected chi connectivity index (χ4v) is 3.34. The van der Waals surface area contributed by atoms with E-state index in [-0.39, 0.29) is 30.4 Å². The standard InChI is InChI=1S/C22H22N2O5/c1-4-24-21(25)19(14-5-8-16(9-6-14)29-13(2)3)20(22(24)26)23-15-7-10-17-18(11-15)28-12-27-17/h5-11,13,23H,4,12H2,1-3H3. The lowest BCUT2D eigenvalue weighted by Gasteiger charge is -2.12. The van der Waals surface area contributed by atoms with Crippen molar-refractivity contribution in [2.75, 3.05) is 18.7 Å². The Morgan fingerprint density at radius 2 is 1.76 bits per heavy atom. The van der Waals surface area contributed by atoms with Gasteiger partial charge in [0.1, 0.15) is 11.4 Å². The summed E-state index contributed by atoms with van der Waals surface area (Å²) in [7, 11) is 0. The third-order valence-corrected chi connectivity index (χ3v) is 4.64. The highest BCUT2D eigenvalue weighted by molar-refractivity contribution is 6.36. The van der Waals surface area contributed by atoms with Crippen molar-refractivity contribution in [2.45, 2.75) is 26.9 Å². The van der Waals surface area contributed by atoms with Gasteiger partial charge in [-0.3, -0.25) is 14.5 Å². The number of fused-ring (bicyclic) bond motifs is 1. The van der Waals surface area contributed by atoms with Gasteiger partial charge in [0.15, 0.2) is 11.5 Å². The van der Waals surface area contributed by atoms with Gasteiger partial charge in [0, 0.05) is 18.3 Å². The van der Waals surface area contributed by atoms with Crippen molar-refractivity contribution in [1.82, 2.24) is 4.90 Å². The lowest BCUT2D eigenvalue weighted by molar-refractivity contribution is -0.136. The van der Waals surface area contributed by atoms with Crippen LogP contribution in [0.2, 0.25) is 0 Å². The second kappa shape index (κ2) is 7.50. The van der Waals surface area contributed by atoms with E-state index in [0.29, 0.717) is 40.6 Å². The number of hydrogen-bond donors (Lipinski definition) is 1. The normalized spacial score (nSPS) is 15.5. The minimum atomic E-state index is -0.354. The summed E-state index contributed by atoms with van der Waals surface area (Å²) in [5.74, 6) is 1.27. The van der Waals surface area contributed by atoms with E-state index >= 15 is 0 Å². The van der Waals surface area contributed by atoms with E-state index in [0.717, 1.165) is 0 Å². The monoisotopic (exact) mass is 394 g/mol.